The van der Waals surface area contributed by atoms with Crippen LogP contribution in [0.1, 0.15) is 31.6 Å². The second-order valence-electron chi connectivity index (χ2n) is 7.77. The van der Waals surface area contributed by atoms with Crippen LogP contribution in [0.4, 0.5) is 11.4 Å². The molecular weight excluding hydrogens is 398 g/mol. The van der Waals surface area contributed by atoms with Crippen LogP contribution in [0.2, 0.25) is 0 Å². The van der Waals surface area contributed by atoms with Crippen molar-refractivity contribution in [1.29, 1.82) is 0 Å². The summed E-state index contributed by atoms with van der Waals surface area (Å²) in [4.78, 5) is 30.6. The molecule has 1 aromatic heterocycles. The molecule has 3 heterocycles. The minimum absolute atomic E-state index is 0.0502. The maximum atomic E-state index is 13.1. The van der Waals surface area contributed by atoms with Gasteiger partial charge in [-0.05, 0) is 62.4 Å². The first kappa shape index (κ1) is 20.6. The van der Waals surface area contributed by atoms with Crippen LogP contribution in [-0.4, -0.2) is 49.1 Å². The summed E-state index contributed by atoms with van der Waals surface area (Å²) in [6.07, 6.45) is 2.50. The Morgan fingerprint density at radius 3 is 2.43 bits per heavy atom. The smallest absolute Gasteiger partial charge is 0.278 e. The number of benzene rings is 1. The molecule has 0 atom stereocenters. The number of amides is 2. The zero-order chi connectivity index (χ0) is 21.1. The molecule has 0 saturated carbocycles. The van der Waals surface area contributed by atoms with Crippen LogP contribution >= 0.6 is 11.3 Å². The van der Waals surface area contributed by atoms with Gasteiger partial charge in [0.2, 0.25) is 0 Å². The lowest BCUT2D eigenvalue weighted by Gasteiger charge is -2.18. The molecule has 4 rings (SSSR count). The first-order chi connectivity index (χ1) is 14.5. The molecule has 1 N–H and O–H groups in total. The highest BCUT2D eigenvalue weighted by atomic mass is 32.1. The predicted molar refractivity (Wildman–Crippen MR) is 121 cm³/mol. The molecule has 2 aromatic rings. The lowest BCUT2D eigenvalue weighted by atomic mass is 10.2. The Kier molecular flexibility index (Phi) is 6.20. The topological polar surface area (TPSA) is 61.9 Å². The van der Waals surface area contributed by atoms with Crippen molar-refractivity contribution in [2.45, 2.75) is 32.8 Å². The summed E-state index contributed by atoms with van der Waals surface area (Å²) in [5.41, 5.74) is 2.75. The van der Waals surface area contributed by atoms with Gasteiger partial charge in [0.15, 0.2) is 0 Å². The van der Waals surface area contributed by atoms with Gasteiger partial charge >= 0.3 is 0 Å². The summed E-state index contributed by atoms with van der Waals surface area (Å²) < 4.78 is 5.55. The third-order valence-corrected chi connectivity index (χ3v) is 6.20. The molecule has 2 amide bonds. The minimum atomic E-state index is -0.306. The van der Waals surface area contributed by atoms with Crippen LogP contribution in [0.5, 0.6) is 0 Å². The van der Waals surface area contributed by atoms with Crippen molar-refractivity contribution >= 4 is 40.1 Å². The Balaban J connectivity index is 1.56. The SMILES string of the molecule is CC(C)OCCN1C(=O)C(Nc2ccc(N3CCCC3)cc2)=C(c2cccs2)C1=O. The molecule has 0 spiro atoms. The number of anilines is 2. The normalized spacial score (nSPS) is 17.0. The average molecular weight is 426 g/mol. The number of hydrogen-bond acceptors (Lipinski definition) is 6. The molecule has 2 aliphatic rings. The fourth-order valence-electron chi connectivity index (χ4n) is 3.80. The second kappa shape index (κ2) is 9.02. The van der Waals surface area contributed by atoms with Gasteiger partial charge in [0.25, 0.3) is 11.8 Å². The zero-order valence-corrected chi connectivity index (χ0v) is 18.2. The standard InChI is InChI=1S/C23H27N3O3S/c1-16(2)29-14-13-26-22(27)20(19-6-5-15-30-19)21(23(26)28)24-17-7-9-18(10-8-17)25-11-3-4-12-25/h5-10,15-16,24H,3-4,11-14H2,1-2H3. The highest BCUT2D eigenvalue weighted by Crippen LogP contribution is 2.33. The van der Waals surface area contributed by atoms with E-state index in [9.17, 15) is 9.59 Å². The molecule has 2 aliphatic heterocycles. The Hall–Kier alpha value is -2.64. The Morgan fingerprint density at radius 2 is 1.80 bits per heavy atom. The van der Waals surface area contributed by atoms with E-state index in [2.05, 4.69) is 22.3 Å². The summed E-state index contributed by atoms with van der Waals surface area (Å²) in [6.45, 7) is 6.60. The molecular formula is C23H27N3O3S. The van der Waals surface area contributed by atoms with E-state index in [0.717, 1.165) is 23.7 Å². The maximum Gasteiger partial charge on any atom is 0.278 e. The first-order valence-electron chi connectivity index (χ1n) is 10.4. The van der Waals surface area contributed by atoms with Crippen LogP contribution in [0, 0.1) is 0 Å². The van der Waals surface area contributed by atoms with Crippen LogP contribution in [0.3, 0.4) is 0 Å². The molecule has 7 heteroatoms. The Labute approximate surface area is 181 Å². The number of thiophene rings is 1. The highest BCUT2D eigenvalue weighted by molar-refractivity contribution is 7.11. The average Bonchev–Trinajstić information content (AvgIpc) is 3.47. The molecule has 1 aromatic carbocycles. The largest absolute Gasteiger partial charge is 0.377 e. The summed E-state index contributed by atoms with van der Waals surface area (Å²) >= 11 is 1.45. The van der Waals surface area contributed by atoms with Gasteiger partial charge in [0, 0.05) is 29.3 Å². The van der Waals surface area contributed by atoms with Crippen molar-refractivity contribution in [2.75, 3.05) is 36.5 Å². The lowest BCUT2D eigenvalue weighted by Crippen LogP contribution is -2.35. The van der Waals surface area contributed by atoms with Gasteiger partial charge in [0.05, 0.1) is 24.8 Å². The van der Waals surface area contributed by atoms with E-state index in [0.29, 0.717) is 17.9 Å². The number of imide groups is 1. The predicted octanol–water partition coefficient (Wildman–Crippen LogP) is 3.97. The van der Waals surface area contributed by atoms with Crippen LogP contribution < -0.4 is 10.2 Å². The number of nitrogens with zero attached hydrogens (tertiary/aromatic N) is 2. The van der Waals surface area contributed by atoms with E-state index in [4.69, 9.17) is 4.74 Å². The number of carbonyl (C=O) groups excluding carboxylic acids is 2. The molecule has 0 aliphatic carbocycles. The van der Waals surface area contributed by atoms with Gasteiger partial charge in [-0.1, -0.05) is 6.07 Å². The highest BCUT2D eigenvalue weighted by Gasteiger charge is 2.39. The fourth-order valence-corrected chi connectivity index (χ4v) is 4.57. The third-order valence-electron chi connectivity index (χ3n) is 5.31. The molecule has 6 nitrogen and oxygen atoms in total. The second-order valence-corrected chi connectivity index (χ2v) is 8.72. The number of carbonyl (C=O) groups is 2. The van der Waals surface area contributed by atoms with Crippen molar-refractivity contribution in [3.63, 3.8) is 0 Å². The van der Waals surface area contributed by atoms with Crippen LogP contribution in [0.25, 0.3) is 5.57 Å². The summed E-state index contributed by atoms with van der Waals surface area (Å²) in [6, 6.07) is 11.8. The van der Waals surface area contributed by atoms with E-state index in [-0.39, 0.29) is 24.5 Å². The molecule has 0 bridgehead atoms. The summed E-state index contributed by atoms with van der Waals surface area (Å²) in [7, 11) is 0. The van der Waals surface area contributed by atoms with Crippen LogP contribution in [-0.2, 0) is 14.3 Å². The molecule has 1 fully saturated rings. The van der Waals surface area contributed by atoms with Gasteiger partial charge in [-0.25, -0.2) is 0 Å². The van der Waals surface area contributed by atoms with Gasteiger partial charge in [-0.15, -0.1) is 11.3 Å². The van der Waals surface area contributed by atoms with Crippen molar-refractivity contribution in [2.24, 2.45) is 0 Å². The lowest BCUT2D eigenvalue weighted by molar-refractivity contribution is -0.137. The number of hydrogen-bond donors (Lipinski definition) is 1. The number of nitrogens with one attached hydrogen (secondary N) is 1. The monoisotopic (exact) mass is 425 g/mol. The molecule has 0 radical (unpaired) electrons. The molecule has 30 heavy (non-hydrogen) atoms. The summed E-state index contributed by atoms with van der Waals surface area (Å²) in [5.74, 6) is -0.578. The van der Waals surface area contributed by atoms with Gasteiger partial charge in [-0.3, -0.25) is 14.5 Å². The van der Waals surface area contributed by atoms with E-state index in [1.807, 2.05) is 43.5 Å². The Morgan fingerprint density at radius 1 is 1.07 bits per heavy atom. The van der Waals surface area contributed by atoms with Crippen LogP contribution in [0.15, 0.2) is 47.5 Å². The first-order valence-corrected chi connectivity index (χ1v) is 11.3. The maximum absolute atomic E-state index is 13.1. The van der Waals surface area contributed by atoms with Crippen molar-refractivity contribution in [3.05, 3.63) is 52.4 Å². The fraction of sp³-hybridized carbons (Fsp3) is 0.391. The van der Waals surface area contributed by atoms with Gasteiger partial charge in [-0.2, -0.15) is 0 Å². The van der Waals surface area contributed by atoms with Gasteiger partial charge < -0.3 is 15.0 Å². The molecule has 158 valence electrons. The number of ether oxygens (including phenoxy) is 1. The van der Waals surface area contributed by atoms with Crippen molar-refractivity contribution in [3.8, 4) is 0 Å². The van der Waals surface area contributed by atoms with Crippen molar-refractivity contribution < 1.29 is 14.3 Å². The van der Waals surface area contributed by atoms with E-state index in [1.54, 1.807) is 0 Å². The van der Waals surface area contributed by atoms with Crippen molar-refractivity contribution in [1.82, 2.24) is 4.90 Å². The molecule has 0 unspecified atom stereocenters. The zero-order valence-electron chi connectivity index (χ0n) is 17.4. The minimum Gasteiger partial charge on any atom is -0.377 e. The summed E-state index contributed by atoms with van der Waals surface area (Å²) in [5, 5.41) is 5.13. The van der Waals surface area contributed by atoms with Gasteiger partial charge in [0.1, 0.15) is 5.70 Å². The Bertz CT molecular complexity index is 929. The van der Waals surface area contributed by atoms with E-state index < -0.39 is 0 Å². The quantitative estimate of drug-likeness (QED) is 0.649. The molecule has 1 saturated heterocycles. The van der Waals surface area contributed by atoms with E-state index >= 15 is 0 Å². The third kappa shape index (κ3) is 4.27. The van der Waals surface area contributed by atoms with E-state index in [1.165, 1.54) is 34.8 Å². The number of rotatable bonds is 8.